The Morgan fingerprint density at radius 2 is 2.11 bits per heavy atom. The van der Waals surface area contributed by atoms with Crippen LogP contribution in [0.3, 0.4) is 0 Å². The minimum atomic E-state index is 0.997. The van der Waals surface area contributed by atoms with Crippen molar-refractivity contribution in [2.75, 3.05) is 19.0 Å². The fourth-order valence-electron chi connectivity index (χ4n) is 1.78. The van der Waals surface area contributed by atoms with Crippen molar-refractivity contribution in [3.63, 3.8) is 0 Å². The molecular weight excluding hydrogens is 357 g/mol. The van der Waals surface area contributed by atoms with E-state index in [2.05, 4.69) is 81.4 Å². The molecule has 0 aromatic carbocycles. The molecule has 0 unspecified atom stereocenters. The first-order valence-electron chi connectivity index (χ1n) is 5.55. The van der Waals surface area contributed by atoms with Gasteiger partial charge >= 0.3 is 0 Å². The summed E-state index contributed by atoms with van der Waals surface area (Å²) in [5.41, 5.74) is 2.03. The Kier molecular flexibility index (Phi) is 3.03. The Morgan fingerprint density at radius 1 is 1.28 bits per heavy atom. The first kappa shape index (κ1) is 12.0. The van der Waals surface area contributed by atoms with Gasteiger partial charge in [0.15, 0.2) is 0 Å². The number of imidazole rings is 1. The van der Waals surface area contributed by atoms with E-state index in [0.29, 0.717) is 0 Å². The Labute approximate surface area is 123 Å². The summed E-state index contributed by atoms with van der Waals surface area (Å²) in [6.45, 7) is 0. The van der Waals surface area contributed by atoms with E-state index in [1.165, 1.54) is 13.4 Å². The number of halogens is 1. The highest BCUT2D eigenvalue weighted by Crippen LogP contribution is 2.32. The van der Waals surface area contributed by atoms with Gasteiger partial charge in [-0.3, -0.25) is 0 Å². The molecule has 3 aromatic heterocycles. The maximum Gasteiger partial charge on any atom is 0.138 e. The largest absolute Gasteiger partial charge is 0.370 e. The smallest absolute Gasteiger partial charge is 0.138 e. The lowest BCUT2D eigenvalue weighted by Crippen LogP contribution is -2.05. The predicted molar refractivity (Wildman–Crippen MR) is 85.5 cm³/mol. The van der Waals surface area contributed by atoms with Crippen molar-refractivity contribution < 1.29 is 0 Å². The molecule has 0 spiro atoms. The highest BCUT2D eigenvalue weighted by atomic mass is 127. The van der Waals surface area contributed by atoms with Gasteiger partial charge in [-0.1, -0.05) is 0 Å². The van der Waals surface area contributed by atoms with Gasteiger partial charge in [0, 0.05) is 30.1 Å². The van der Waals surface area contributed by atoms with Gasteiger partial charge in [-0.25, -0.2) is 4.98 Å². The third kappa shape index (κ3) is 2.12. The number of rotatable bonds is 2. The minimum absolute atomic E-state index is 0.997. The number of hydrogen-bond acceptors (Lipinski definition) is 3. The first-order valence-corrected chi connectivity index (χ1v) is 7.45. The van der Waals surface area contributed by atoms with E-state index < -0.39 is 0 Å². The van der Waals surface area contributed by atoms with Crippen LogP contribution in [0.1, 0.15) is 0 Å². The quantitative estimate of drug-likeness (QED) is 0.642. The summed E-state index contributed by atoms with van der Waals surface area (Å²) in [5, 5.41) is 1.25. The molecule has 0 radical (unpaired) electrons. The fourth-order valence-corrected chi connectivity index (χ4v) is 3.10. The Morgan fingerprint density at radius 3 is 2.83 bits per heavy atom. The average molecular weight is 369 g/mol. The van der Waals surface area contributed by atoms with Gasteiger partial charge in [0.05, 0.1) is 15.6 Å². The number of anilines is 1. The van der Waals surface area contributed by atoms with Crippen molar-refractivity contribution in [2.24, 2.45) is 0 Å². The summed E-state index contributed by atoms with van der Waals surface area (Å²) >= 11 is 4.07. The third-order valence-electron chi connectivity index (χ3n) is 2.71. The van der Waals surface area contributed by atoms with E-state index in [9.17, 15) is 0 Å². The van der Waals surface area contributed by atoms with Crippen molar-refractivity contribution in [1.29, 1.82) is 0 Å². The zero-order valence-electron chi connectivity index (χ0n) is 10.1. The molecule has 0 amide bonds. The molecule has 5 heteroatoms. The van der Waals surface area contributed by atoms with Crippen LogP contribution in [0, 0.1) is 3.57 Å². The maximum atomic E-state index is 4.67. The van der Waals surface area contributed by atoms with Crippen LogP contribution in [0.25, 0.3) is 16.2 Å². The molecule has 0 bridgehead atoms. The second-order valence-electron chi connectivity index (χ2n) is 4.27. The van der Waals surface area contributed by atoms with Crippen LogP contribution in [-0.2, 0) is 0 Å². The zero-order valence-corrected chi connectivity index (χ0v) is 13.1. The van der Waals surface area contributed by atoms with Gasteiger partial charge in [0.25, 0.3) is 0 Å². The van der Waals surface area contributed by atoms with Crippen molar-refractivity contribution >= 4 is 44.6 Å². The second kappa shape index (κ2) is 4.55. The highest BCUT2D eigenvalue weighted by Gasteiger charge is 2.08. The van der Waals surface area contributed by atoms with E-state index >= 15 is 0 Å². The summed E-state index contributed by atoms with van der Waals surface area (Å²) in [5.74, 6) is 0. The van der Waals surface area contributed by atoms with Crippen molar-refractivity contribution in [3.8, 4) is 10.6 Å². The topological polar surface area (TPSA) is 20.5 Å². The number of pyridine rings is 1. The van der Waals surface area contributed by atoms with E-state index in [1.54, 1.807) is 11.3 Å². The summed E-state index contributed by atoms with van der Waals surface area (Å²) in [7, 11) is 4.11. The average Bonchev–Trinajstić information content (AvgIpc) is 2.93. The van der Waals surface area contributed by atoms with Crippen molar-refractivity contribution in [1.82, 2.24) is 9.38 Å². The second-order valence-corrected chi connectivity index (χ2v) is 6.58. The molecule has 3 nitrogen and oxygen atoms in total. The Bertz CT molecular complexity index is 699. The van der Waals surface area contributed by atoms with Gasteiger partial charge in [-0.05, 0) is 46.9 Å². The fraction of sp³-hybridized carbons (Fsp3) is 0.154. The molecule has 3 aromatic rings. The molecule has 3 heterocycles. The molecule has 0 aliphatic carbocycles. The lowest BCUT2D eigenvalue weighted by Gasteiger charge is -2.06. The summed E-state index contributed by atoms with van der Waals surface area (Å²) in [6.07, 6.45) is 4.13. The van der Waals surface area contributed by atoms with Crippen molar-refractivity contribution in [3.05, 3.63) is 40.2 Å². The van der Waals surface area contributed by atoms with Crippen LogP contribution in [0.15, 0.2) is 36.7 Å². The van der Waals surface area contributed by atoms with Gasteiger partial charge in [0.2, 0.25) is 0 Å². The molecule has 18 heavy (non-hydrogen) atoms. The Hall–Kier alpha value is -1.08. The van der Waals surface area contributed by atoms with E-state index in [1.807, 2.05) is 6.20 Å². The van der Waals surface area contributed by atoms with Crippen LogP contribution in [0.5, 0.6) is 0 Å². The molecule has 0 saturated carbocycles. The van der Waals surface area contributed by atoms with Crippen LogP contribution in [-0.4, -0.2) is 23.5 Å². The SMILES string of the molecule is CN(C)c1ccc(-c2cn3ccc(I)cc3n2)s1. The lowest BCUT2D eigenvalue weighted by molar-refractivity contribution is 1.16. The lowest BCUT2D eigenvalue weighted by atomic mass is 10.4. The summed E-state index contributed by atoms with van der Waals surface area (Å²) in [6, 6.07) is 8.43. The number of nitrogens with zero attached hydrogens (tertiary/aromatic N) is 3. The summed E-state index contributed by atoms with van der Waals surface area (Å²) < 4.78 is 3.27. The normalized spacial score (nSPS) is 11.1. The van der Waals surface area contributed by atoms with Crippen LogP contribution in [0.4, 0.5) is 5.00 Å². The van der Waals surface area contributed by atoms with Crippen LogP contribution < -0.4 is 4.90 Å². The molecule has 3 rings (SSSR count). The highest BCUT2D eigenvalue weighted by molar-refractivity contribution is 14.1. The monoisotopic (exact) mass is 369 g/mol. The number of thiophene rings is 1. The van der Waals surface area contributed by atoms with Crippen LogP contribution >= 0.6 is 33.9 Å². The van der Waals surface area contributed by atoms with E-state index in [-0.39, 0.29) is 0 Å². The van der Waals surface area contributed by atoms with Gasteiger partial charge in [0.1, 0.15) is 5.65 Å². The molecule has 0 saturated heterocycles. The molecule has 0 aliphatic rings. The molecule has 0 N–H and O–H groups in total. The standard InChI is InChI=1S/C13H12IN3S/c1-16(2)13-4-3-11(18-13)10-8-17-6-5-9(14)7-12(17)15-10/h3-8H,1-2H3. The molecular formula is C13H12IN3S. The van der Waals surface area contributed by atoms with Gasteiger partial charge in [-0.15, -0.1) is 11.3 Å². The zero-order chi connectivity index (χ0) is 12.7. The maximum absolute atomic E-state index is 4.67. The van der Waals surface area contributed by atoms with E-state index in [4.69, 9.17) is 0 Å². The predicted octanol–water partition coefficient (Wildman–Crippen LogP) is 3.73. The Balaban J connectivity index is 2.07. The molecule has 92 valence electrons. The number of fused-ring (bicyclic) bond motifs is 1. The molecule has 0 fully saturated rings. The number of hydrogen-bond donors (Lipinski definition) is 0. The molecule has 0 aliphatic heterocycles. The van der Waals surface area contributed by atoms with Gasteiger partial charge in [-0.2, -0.15) is 0 Å². The van der Waals surface area contributed by atoms with Crippen LogP contribution in [0.2, 0.25) is 0 Å². The third-order valence-corrected chi connectivity index (χ3v) is 4.65. The van der Waals surface area contributed by atoms with Gasteiger partial charge < -0.3 is 9.30 Å². The summed E-state index contributed by atoms with van der Waals surface area (Å²) in [4.78, 5) is 7.99. The first-order chi connectivity index (χ1) is 8.63. The van der Waals surface area contributed by atoms with E-state index in [0.717, 1.165) is 11.3 Å². The number of aromatic nitrogens is 2. The van der Waals surface area contributed by atoms with Crippen molar-refractivity contribution in [2.45, 2.75) is 0 Å². The molecule has 0 atom stereocenters. The minimum Gasteiger partial charge on any atom is -0.370 e.